The number of aliphatic hydroxyl groups excluding tert-OH is 1. The fraction of sp³-hybridized carbons (Fsp3) is 0.455. The van der Waals surface area contributed by atoms with Crippen molar-refractivity contribution in [3.05, 3.63) is 22.4 Å². The van der Waals surface area contributed by atoms with Gasteiger partial charge in [0.2, 0.25) is 5.91 Å². The molecule has 1 aromatic heterocycles. The van der Waals surface area contributed by atoms with Gasteiger partial charge in [0.1, 0.15) is 6.04 Å². The van der Waals surface area contributed by atoms with Crippen molar-refractivity contribution in [2.75, 3.05) is 6.54 Å². The number of hydrogen-bond donors (Lipinski definition) is 2. The number of aliphatic hydroxyl groups is 1. The molecule has 0 aromatic carbocycles. The number of carboxylic acids is 1. The summed E-state index contributed by atoms with van der Waals surface area (Å²) < 4.78 is 0. The van der Waals surface area contributed by atoms with Crippen LogP contribution in [0.3, 0.4) is 0 Å². The highest BCUT2D eigenvalue weighted by Crippen LogP contribution is 2.20. The highest BCUT2D eigenvalue weighted by molar-refractivity contribution is 7.07. The number of aliphatic carboxylic acids is 1. The first kappa shape index (κ1) is 12.1. The van der Waals surface area contributed by atoms with E-state index in [4.69, 9.17) is 5.11 Å². The zero-order valence-electron chi connectivity index (χ0n) is 9.07. The van der Waals surface area contributed by atoms with Crippen LogP contribution in [-0.4, -0.2) is 45.7 Å². The lowest BCUT2D eigenvalue weighted by atomic mass is 10.2. The van der Waals surface area contributed by atoms with Gasteiger partial charge in [-0.25, -0.2) is 4.79 Å². The normalized spacial score (nSPS) is 23.9. The molecule has 0 aliphatic carbocycles. The van der Waals surface area contributed by atoms with E-state index in [0.29, 0.717) is 0 Å². The first-order chi connectivity index (χ1) is 8.08. The molecule has 2 N–H and O–H groups in total. The molecule has 2 heterocycles. The maximum atomic E-state index is 11.9. The van der Waals surface area contributed by atoms with Crippen molar-refractivity contribution in [3.63, 3.8) is 0 Å². The summed E-state index contributed by atoms with van der Waals surface area (Å²) in [6, 6.07) is 0.946. The summed E-state index contributed by atoms with van der Waals surface area (Å²) >= 11 is 1.50. The van der Waals surface area contributed by atoms with Crippen LogP contribution in [0.4, 0.5) is 0 Å². The molecule has 2 atom stereocenters. The minimum Gasteiger partial charge on any atom is -0.480 e. The molecule has 1 aliphatic heterocycles. The second kappa shape index (κ2) is 4.85. The van der Waals surface area contributed by atoms with Crippen molar-refractivity contribution < 1.29 is 19.8 Å². The lowest BCUT2D eigenvalue weighted by Crippen LogP contribution is -2.41. The average molecular weight is 255 g/mol. The van der Waals surface area contributed by atoms with Crippen LogP contribution >= 0.6 is 11.3 Å². The van der Waals surface area contributed by atoms with E-state index in [1.807, 2.05) is 16.8 Å². The molecule has 0 unspecified atom stereocenters. The van der Waals surface area contributed by atoms with Gasteiger partial charge < -0.3 is 15.1 Å². The largest absolute Gasteiger partial charge is 0.480 e. The summed E-state index contributed by atoms with van der Waals surface area (Å²) in [5.74, 6) is -1.30. The maximum Gasteiger partial charge on any atom is 0.326 e. The fourth-order valence-electron chi connectivity index (χ4n) is 1.99. The van der Waals surface area contributed by atoms with E-state index in [-0.39, 0.29) is 25.3 Å². The Bertz CT molecular complexity index is 417. The van der Waals surface area contributed by atoms with Crippen molar-refractivity contribution in [1.29, 1.82) is 0 Å². The Hall–Kier alpha value is -1.40. The van der Waals surface area contributed by atoms with E-state index >= 15 is 0 Å². The Balaban J connectivity index is 2.05. The third-order valence-electron chi connectivity index (χ3n) is 2.82. The first-order valence-electron chi connectivity index (χ1n) is 5.29. The SMILES string of the molecule is O=C(O)[C@@H]1C[C@@H](O)CN1C(=O)Cc1ccsc1. The second-order valence-electron chi connectivity index (χ2n) is 4.10. The average Bonchev–Trinajstić information content (AvgIpc) is 2.86. The zero-order chi connectivity index (χ0) is 12.4. The van der Waals surface area contributed by atoms with Gasteiger partial charge in [0.25, 0.3) is 0 Å². The van der Waals surface area contributed by atoms with E-state index < -0.39 is 18.1 Å². The Kier molecular flexibility index (Phi) is 3.44. The molecule has 92 valence electrons. The minimum absolute atomic E-state index is 0.111. The van der Waals surface area contributed by atoms with Crippen molar-refractivity contribution in [1.82, 2.24) is 4.90 Å². The summed E-state index contributed by atoms with van der Waals surface area (Å²) in [7, 11) is 0. The second-order valence-corrected chi connectivity index (χ2v) is 4.88. The van der Waals surface area contributed by atoms with Gasteiger partial charge in [-0.2, -0.15) is 11.3 Å². The molecule has 5 nitrogen and oxygen atoms in total. The quantitative estimate of drug-likeness (QED) is 0.816. The number of carboxylic acid groups (broad SMARTS) is 1. The van der Waals surface area contributed by atoms with E-state index in [1.54, 1.807) is 0 Å². The van der Waals surface area contributed by atoms with Gasteiger partial charge in [0.15, 0.2) is 0 Å². The van der Waals surface area contributed by atoms with Crippen LogP contribution in [0.5, 0.6) is 0 Å². The van der Waals surface area contributed by atoms with Crippen LogP contribution < -0.4 is 0 Å². The van der Waals surface area contributed by atoms with Crippen molar-refractivity contribution in [2.24, 2.45) is 0 Å². The summed E-state index contributed by atoms with van der Waals surface area (Å²) in [5.41, 5.74) is 0.880. The summed E-state index contributed by atoms with van der Waals surface area (Å²) in [6.45, 7) is 0.111. The molecular formula is C11H13NO4S. The Morgan fingerprint density at radius 1 is 1.53 bits per heavy atom. The summed E-state index contributed by atoms with van der Waals surface area (Å²) in [4.78, 5) is 24.1. The van der Waals surface area contributed by atoms with Crippen LogP contribution in [0, 0.1) is 0 Å². The molecule has 1 fully saturated rings. The number of carbonyl (C=O) groups is 2. The lowest BCUT2D eigenvalue weighted by Gasteiger charge is -2.20. The third-order valence-corrected chi connectivity index (χ3v) is 3.55. The van der Waals surface area contributed by atoms with Crippen LogP contribution in [0.2, 0.25) is 0 Å². The molecule has 6 heteroatoms. The van der Waals surface area contributed by atoms with Gasteiger partial charge in [-0.3, -0.25) is 4.79 Å². The van der Waals surface area contributed by atoms with E-state index in [0.717, 1.165) is 5.56 Å². The lowest BCUT2D eigenvalue weighted by molar-refractivity contribution is -0.148. The summed E-state index contributed by atoms with van der Waals surface area (Å²) in [5, 5.41) is 22.1. The smallest absolute Gasteiger partial charge is 0.326 e. The van der Waals surface area contributed by atoms with Crippen LogP contribution in [0.25, 0.3) is 0 Å². The third kappa shape index (κ3) is 2.65. The number of carbonyl (C=O) groups excluding carboxylic acids is 1. The van der Waals surface area contributed by atoms with Gasteiger partial charge in [-0.15, -0.1) is 0 Å². The maximum absolute atomic E-state index is 11.9. The number of rotatable bonds is 3. The van der Waals surface area contributed by atoms with Gasteiger partial charge in [-0.05, 0) is 22.4 Å². The number of nitrogens with zero attached hydrogens (tertiary/aromatic N) is 1. The standard InChI is InChI=1S/C11H13NO4S/c13-8-4-9(11(15)16)12(5-8)10(14)3-7-1-2-17-6-7/h1-2,6,8-9,13H,3-5H2,(H,15,16)/t8-,9+/m1/s1. The Morgan fingerprint density at radius 2 is 2.29 bits per heavy atom. The number of thiophene rings is 1. The molecule has 1 amide bonds. The molecule has 17 heavy (non-hydrogen) atoms. The van der Waals surface area contributed by atoms with E-state index in [9.17, 15) is 14.7 Å². The van der Waals surface area contributed by atoms with Crippen molar-refractivity contribution >= 4 is 23.2 Å². The number of β-amino-alcohol motifs (C(OH)–C–C–N with tert-alkyl or cyclic N) is 1. The topological polar surface area (TPSA) is 77.8 Å². The molecule has 0 bridgehead atoms. The van der Waals surface area contributed by atoms with Crippen LogP contribution in [0.1, 0.15) is 12.0 Å². The van der Waals surface area contributed by atoms with E-state index in [2.05, 4.69) is 0 Å². The fourth-order valence-corrected chi connectivity index (χ4v) is 2.66. The number of likely N-dealkylation sites (tertiary alicyclic amines) is 1. The van der Waals surface area contributed by atoms with Crippen molar-refractivity contribution in [3.8, 4) is 0 Å². The molecular weight excluding hydrogens is 242 g/mol. The summed E-state index contributed by atoms with van der Waals surface area (Å²) in [6.07, 6.45) is -0.424. The van der Waals surface area contributed by atoms with Gasteiger partial charge in [0, 0.05) is 13.0 Å². The van der Waals surface area contributed by atoms with Crippen molar-refractivity contribution in [2.45, 2.75) is 25.0 Å². The Labute approximate surface area is 102 Å². The van der Waals surface area contributed by atoms with Gasteiger partial charge in [-0.1, -0.05) is 0 Å². The van der Waals surface area contributed by atoms with E-state index in [1.165, 1.54) is 16.2 Å². The zero-order valence-corrected chi connectivity index (χ0v) is 9.89. The molecule has 2 rings (SSSR count). The van der Waals surface area contributed by atoms with Crippen LogP contribution in [-0.2, 0) is 16.0 Å². The van der Waals surface area contributed by atoms with Gasteiger partial charge >= 0.3 is 5.97 Å². The first-order valence-corrected chi connectivity index (χ1v) is 6.23. The number of amides is 1. The predicted molar refractivity (Wildman–Crippen MR) is 61.8 cm³/mol. The minimum atomic E-state index is -1.06. The molecule has 0 saturated carbocycles. The highest BCUT2D eigenvalue weighted by Gasteiger charge is 2.38. The Morgan fingerprint density at radius 3 is 2.88 bits per heavy atom. The molecule has 1 aliphatic rings. The predicted octanol–water partition coefficient (Wildman–Crippen LogP) is 0.337. The highest BCUT2D eigenvalue weighted by atomic mass is 32.1. The number of hydrogen-bond acceptors (Lipinski definition) is 4. The van der Waals surface area contributed by atoms with Gasteiger partial charge in [0.05, 0.1) is 12.5 Å². The molecule has 1 saturated heterocycles. The molecule has 0 radical (unpaired) electrons. The molecule has 1 aromatic rings. The van der Waals surface area contributed by atoms with Crippen LogP contribution in [0.15, 0.2) is 16.8 Å². The monoisotopic (exact) mass is 255 g/mol. The molecule has 0 spiro atoms.